The van der Waals surface area contributed by atoms with Gasteiger partial charge in [-0.05, 0) is 49.4 Å². The maximum atomic E-state index is 13.1. The van der Waals surface area contributed by atoms with Crippen LogP contribution in [0.4, 0.5) is 11.4 Å². The van der Waals surface area contributed by atoms with Crippen LogP contribution in [0.1, 0.15) is 15.9 Å². The first-order chi connectivity index (χ1) is 16.7. The van der Waals surface area contributed by atoms with Gasteiger partial charge in [0.2, 0.25) is 10.0 Å². The molecule has 0 bridgehead atoms. The number of nitrogens with zero attached hydrogens (tertiary/aromatic N) is 2. The SMILES string of the molecule is COc1ccc(Br)cc1C(=O)Nc1cccc(Cl)c1N1CCN(S(=O)(=O)c2ccc(C)cc2)CC1. The van der Waals surface area contributed by atoms with Gasteiger partial charge >= 0.3 is 0 Å². The van der Waals surface area contributed by atoms with Gasteiger partial charge in [-0.3, -0.25) is 4.79 Å². The van der Waals surface area contributed by atoms with Crippen molar-refractivity contribution >= 4 is 54.8 Å². The molecule has 1 amide bonds. The average molecular weight is 579 g/mol. The van der Waals surface area contributed by atoms with Crippen LogP contribution in [0.5, 0.6) is 5.75 Å². The molecule has 0 radical (unpaired) electrons. The number of rotatable bonds is 6. The Morgan fingerprint density at radius 1 is 1.03 bits per heavy atom. The van der Waals surface area contributed by atoms with Gasteiger partial charge in [0.15, 0.2) is 0 Å². The van der Waals surface area contributed by atoms with Gasteiger partial charge in [0.05, 0.1) is 34.0 Å². The number of anilines is 2. The molecule has 10 heteroatoms. The van der Waals surface area contributed by atoms with Crippen LogP contribution in [0.2, 0.25) is 5.02 Å². The molecule has 1 aliphatic heterocycles. The number of hydrogen-bond donors (Lipinski definition) is 1. The highest BCUT2D eigenvalue weighted by Gasteiger charge is 2.30. The monoisotopic (exact) mass is 577 g/mol. The number of benzene rings is 3. The van der Waals surface area contributed by atoms with Crippen LogP contribution in [-0.4, -0.2) is 51.9 Å². The Balaban J connectivity index is 1.54. The third-order valence-electron chi connectivity index (χ3n) is 5.85. The summed E-state index contributed by atoms with van der Waals surface area (Å²) in [7, 11) is -2.08. The molecule has 1 aliphatic rings. The van der Waals surface area contributed by atoms with Crippen LogP contribution in [-0.2, 0) is 10.0 Å². The summed E-state index contributed by atoms with van der Waals surface area (Å²) >= 11 is 9.95. The number of amides is 1. The van der Waals surface area contributed by atoms with Crippen LogP contribution < -0.4 is 15.0 Å². The minimum Gasteiger partial charge on any atom is -0.496 e. The molecule has 7 nitrogen and oxygen atoms in total. The van der Waals surface area contributed by atoms with Gasteiger partial charge in [0.25, 0.3) is 5.91 Å². The predicted molar refractivity (Wildman–Crippen MR) is 142 cm³/mol. The van der Waals surface area contributed by atoms with Crippen LogP contribution in [0.3, 0.4) is 0 Å². The molecule has 184 valence electrons. The fourth-order valence-corrected chi connectivity index (χ4v) is 6.07. The van der Waals surface area contributed by atoms with Gasteiger partial charge in [-0.15, -0.1) is 0 Å². The van der Waals surface area contributed by atoms with Crippen LogP contribution >= 0.6 is 27.5 Å². The van der Waals surface area contributed by atoms with Crippen molar-refractivity contribution < 1.29 is 17.9 Å². The summed E-state index contributed by atoms with van der Waals surface area (Å²) in [4.78, 5) is 15.4. The van der Waals surface area contributed by atoms with Crippen molar-refractivity contribution in [1.29, 1.82) is 0 Å². The zero-order valence-corrected chi connectivity index (χ0v) is 22.5. The summed E-state index contributed by atoms with van der Waals surface area (Å²) in [6.45, 7) is 3.38. The second-order valence-corrected chi connectivity index (χ2v) is 11.4. The van der Waals surface area contributed by atoms with Crippen LogP contribution in [0.15, 0.2) is 70.0 Å². The summed E-state index contributed by atoms with van der Waals surface area (Å²) in [5, 5.41) is 3.41. The predicted octanol–water partition coefficient (Wildman–Crippen LogP) is 5.18. The quantitative estimate of drug-likeness (QED) is 0.436. The summed E-state index contributed by atoms with van der Waals surface area (Å²) < 4.78 is 33.7. The number of aryl methyl sites for hydroxylation is 1. The number of nitrogens with one attached hydrogen (secondary N) is 1. The molecule has 0 unspecified atom stereocenters. The molecule has 3 aromatic carbocycles. The summed E-state index contributed by atoms with van der Waals surface area (Å²) in [6, 6.07) is 17.3. The second kappa shape index (κ2) is 10.6. The number of piperazine rings is 1. The van der Waals surface area contributed by atoms with Gasteiger partial charge in [-0.2, -0.15) is 4.31 Å². The van der Waals surface area contributed by atoms with E-state index in [4.69, 9.17) is 16.3 Å². The molecule has 3 aromatic rings. The normalized spacial score (nSPS) is 14.6. The summed E-state index contributed by atoms with van der Waals surface area (Å²) in [6.07, 6.45) is 0. The number of carbonyl (C=O) groups excluding carboxylic acids is 1. The Kier molecular flexibility index (Phi) is 7.70. The zero-order chi connectivity index (χ0) is 25.2. The Morgan fingerprint density at radius 2 is 1.71 bits per heavy atom. The van der Waals surface area contributed by atoms with Crippen LogP contribution in [0, 0.1) is 6.92 Å². The van der Waals surface area contributed by atoms with E-state index < -0.39 is 10.0 Å². The van der Waals surface area contributed by atoms with Crippen molar-refractivity contribution in [3.05, 3.63) is 81.3 Å². The molecule has 0 spiro atoms. The Morgan fingerprint density at radius 3 is 2.37 bits per heavy atom. The highest BCUT2D eigenvalue weighted by molar-refractivity contribution is 9.10. The molecule has 0 aromatic heterocycles. The molecule has 1 N–H and O–H groups in total. The fourth-order valence-electron chi connectivity index (χ4n) is 4.00. The Bertz CT molecular complexity index is 1340. The third-order valence-corrected chi connectivity index (χ3v) is 8.57. The standard InChI is InChI=1S/C25H25BrClN3O4S/c1-17-6-9-19(10-7-17)35(32,33)30-14-12-29(13-15-30)24-21(27)4-3-5-22(24)28-25(31)20-16-18(26)8-11-23(20)34-2/h3-11,16H,12-15H2,1-2H3,(H,28,31). The molecule has 1 heterocycles. The molecule has 1 saturated heterocycles. The minimum absolute atomic E-state index is 0.283. The number of ether oxygens (including phenoxy) is 1. The lowest BCUT2D eigenvalue weighted by atomic mass is 10.1. The van der Waals surface area contributed by atoms with E-state index in [0.717, 1.165) is 10.0 Å². The summed E-state index contributed by atoms with van der Waals surface area (Å²) in [5.41, 5.74) is 2.58. The van der Waals surface area contributed by atoms with Gasteiger partial charge < -0.3 is 15.0 Å². The van der Waals surface area contributed by atoms with Crippen molar-refractivity contribution in [1.82, 2.24) is 4.31 Å². The van der Waals surface area contributed by atoms with E-state index in [-0.39, 0.29) is 10.8 Å². The van der Waals surface area contributed by atoms with E-state index in [9.17, 15) is 13.2 Å². The van der Waals surface area contributed by atoms with E-state index in [1.165, 1.54) is 11.4 Å². The first kappa shape index (κ1) is 25.5. The zero-order valence-electron chi connectivity index (χ0n) is 19.3. The molecular weight excluding hydrogens is 554 g/mol. The highest BCUT2D eigenvalue weighted by Crippen LogP contribution is 2.36. The van der Waals surface area contributed by atoms with E-state index in [0.29, 0.717) is 53.9 Å². The second-order valence-electron chi connectivity index (χ2n) is 8.14. The van der Waals surface area contributed by atoms with Crippen molar-refractivity contribution in [2.75, 3.05) is 43.5 Å². The average Bonchev–Trinajstić information content (AvgIpc) is 2.84. The van der Waals surface area contributed by atoms with Crippen molar-refractivity contribution in [2.24, 2.45) is 0 Å². The number of halogens is 2. The summed E-state index contributed by atoms with van der Waals surface area (Å²) in [5.74, 6) is 0.108. The van der Waals surface area contributed by atoms with Crippen molar-refractivity contribution in [3.8, 4) is 5.75 Å². The number of methoxy groups -OCH3 is 1. The molecule has 0 atom stereocenters. The molecule has 35 heavy (non-hydrogen) atoms. The number of hydrogen-bond acceptors (Lipinski definition) is 5. The van der Waals surface area contributed by atoms with E-state index in [1.54, 1.807) is 60.7 Å². The molecule has 0 saturated carbocycles. The molecule has 4 rings (SSSR count). The maximum absolute atomic E-state index is 13.1. The van der Waals surface area contributed by atoms with Gasteiger partial charge in [0, 0.05) is 30.7 Å². The topological polar surface area (TPSA) is 79.0 Å². The lowest BCUT2D eigenvalue weighted by Crippen LogP contribution is -2.49. The van der Waals surface area contributed by atoms with Crippen LogP contribution in [0.25, 0.3) is 0 Å². The number of para-hydroxylation sites is 1. The minimum atomic E-state index is -3.59. The van der Waals surface area contributed by atoms with Crippen molar-refractivity contribution in [3.63, 3.8) is 0 Å². The van der Waals surface area contributed by atoms with Gasteiger partial charge in [-0.25, -0.2) is 8.42 Å². The van der Waals surface area contributed by atoms with Crippen molar-refractivity contribution in [2.45, 2.75) is 11.8 Å². The maximum Gasteiger partial charge on any atom is 0.259 e. The van der Waals surface area contributed by atoms with Gasteiger partial charge in [0.1, 0.15) is 5.75 Å². The third kappa shape index (κ3) is 5.48. The lowest BCUT2D eigenvalue weighted by molar-refractivity contribution is 0.102. The smallest absolute Gasteiger partial charge is 0.259 e. The molecular formula is C25H25BrClN3O4S. The van der Waals surface area contributed by atoms with Gasteiger partial charge in [-0.1, -0.05) is 51.3 Å². The van der Waals surface area contributed by atoms with E-state index in [1.807, 2.05) is 11.8 Å². The van der Waals surface area contributed by atoms with E-state index >= 15 is 0 Å². The largest absolute Gasteiger partial charge is 0.496 e. The molecule has 0 aliphatic carbocycles. The number of sulfonamides is 1. The Labute approximate surface area is 218 Å². The lowest BCUT2D eigenvalue weighted by Gasteiger charge is -2.36. The first-order valence-corrected chi connectivity index (χ1v) is 13.6. The first-order valence-electron chi connectivity index (χ1n) is 11.0. The highest BCUT2D eigenvalue weighted by atomic mass is 79.9. The Hall–Kier alpha value is -2.59. The van der Waals surface area contributed by atoms with E-state index in [2.05, 4.69) is 21.2 Å². The molecule has 1 fully saturated rings. The number of carbonyl (C=O) groups is 1. The fraction of sp³-hybridized carbons (Fsp3) is 0.240.